The van der Waals surface area contributed by atoms with Crippen molar-refractivity contribution < 1.29 is 19.7 Å². The Balaban J connectivity index is 2.13. The molecular weight excluding hydrogens is 272 g/mol. The van der Waals surface area contributed by atoms with E-state index in [4.69, 9.17) is 4.74 Å². The van der Waals surface area contributed by atoms with Crippen LogP contribution in [0.5, 0.6) is 0 Å². The first-order valence-electron chi connectivity index (χ1n) is 7.02. The SMILES string of the molecule is CC(C)(C)OC(=O)N1C[C@H](O)[C@@H](O)[C@H]1Cc1cccnc1. The van der Waals surface area contributed by atoms with Gasteiger partial charge in [0.1, 0.15) is 11.7 Å². The van der Waals surface area contributed by atoms with Gasteiger partial charge in [0.2, 0.25) is 0 Å². The van der Waals surface area contributed by atoms with Crippen LogP contribution in [0, 0.1) is 0 Å². The van der Waals surface area contributed by atoms with E-state index in [-0.39, 0.29) is 6.54 Å². The number of hydrogen-bond donors (Lipinski definition) is 2. The Hall–Kier alpha value is -1.66. The van der Waals surface area contributed by atoms with Crippen LogP contribution in [0.2, 0.25) is 0 Å². The number of aliphatic hydroxyl groups is 2. The minimum Gasteiger partial charge on any atom is -0.444 e. The van der Waals surface area contributed by atoms with E-state index in [0.717, 1.165) is 5.56 Å². The van der Waals surface area contributed by atoms with Crippen LogP contribution in [-0.4, -0.2) is 56.6 Å². The molecule has 1 aliphatic heterocycles. The number of nitrogens with zero attached hydrogens (tertiary/aromatic N) is 2. The number of β-amino-alcohol motifs (C(OH)–C–C–N with tert-alkyl or cyclic N) is 1. The number of aliphatic hydroxyl groups excluding tert-OH is 2. The van der Waals surface area contributed by atoms with Crippen molar-refractivity contribution in [2.75, 3.05) is 6.54 Å². The molecule has 1 aromatic rings. The summed E-state index contributed by atoms with van der Waals surface area (Å²) in [5, 5.41) is 20.0. The quantitative estimate of drug-likeness (QED) is 0.849. The molecule has 1 aliphatic rings. The monoisotopic (exact) mass is 294 g/mol. The number of amides is 1. The highest BCUT2D eigenvalue weighted by atomic mass is 16.6. The highest BCUT2D eigenvalue weighted by Gasteiger charge is 2.43. The van der Waals surface area contributed by atoms with Gasteiger partial charge in [-0.05, 0) is 38.8 Å². The van der Waals surface area contributed by atoms with E-state index in [1.54, 1.807) is 39.2 Å². The van der Waals surface area contributed by atoms with Crippen molar-refractivity contribution in [1.82, 2.24) is 9.88 Å². The van der Waals surface area contributed by atoms with Crippen LogP contribution < -0.4 is 0 Å². The van der Waals surface area contributed by atoms with Gasteiger partial charge in [-0.3, -0.25) is 9.88 Å². The third-order valence-corrected chi connectivity index (χ3v) is 3.37. The average molecular weight is 294 g/mol. The third-order valence-electron chi connectivity index (χ3n) is 3.37. The number of carbonyl (C=O) groups excluding carboxylic acids is 1. The van der Waals surface area contributed by atoms with Gasteiger partial charge in [0.15, 0.2) is 0 Å². The molecule has 0 bridgehead atoms. The first-order valence-corrected chi connectivity index (χ1v) is 7.02. The van der Waals surface area contributed by atoms with Gasteiger partial charge in [-0.25, -0.2) is 4.79 Å². The number of likely N-dealkylation sites (tertiary alicyclic amines) is 1. The van der Waals surface area contributed by atoms with Crippen LogP contribution in [-0.2, 0) is 11.2 Å². The third kappa shape index (κ3) is 3.92. The highest BCUT2D eigenvalue weighted by Crippen LogP contribution is 2.24. The lowest BCUT2D eigenvalue weighted by Gasteiger charge is -2.29. The Bertz CT molecular complexity index is 486. The van der Waals surface area contributed by atoms with Gasteiger partial charge in [-0.2, -0.15) is 0 Å². The predicted octanol–water partition coefficient (Wildman–Crippen LogP) is 0.965. The van der Waals surface area contributed by atoms with Crippen LogP contribution in [0.1, 0.15) is 26.3 Å². The van der Waals surface area contributed by atoms with E-state index in [0.29, 0.717) is 6.42 Å². The first-order chi connectivity index (χ1) is 9.78. The lowest BCUT2D eigenvalue weighted by Crippen LogP contribution is -2.43. The van der Waals surface area contributed by atoms with E-state index in [2.05, 4.69) is 4.98 Å². The van der Waals surface area contributed by atoms with Gasteiger partial charge in [0.05, 0.1) is 18.7 Å². The van der Waals surface area contributed by atoms with E-state index < -0.39 is 29.9 Å². The fourth-order valence-corrected chi connectivity index (χ4v) is 2.41. The number of aromatic nitrogens is 1. The Kier molecular flexibility index (Phi) is 4.49. The second-order valence-corrected chi connectivity index (χ2v) is 6.32. The van der Waals surface area contributed by atoms with Crippen LogP contribution in [0.4, 0.5) is 4.79 Å². The minimum atomic E-state index is -0.988. The molecule has 2 rings (SSSR count). The lowest BCUT2D eigenvalue weighted by atomic mass is 10.0. The predicted molar refractivity (Wildman–Crippen MR) is 76.7 cm³/mol. The normalized spacial score (nSPS) is 26.0. The maximum atomic E-state index is 12.2. The molecule has 1 saturated heterocycles. The number of pyridine rings is 1. The van der Waals surface area contributed by atoms with Crippen molar-refractivity contribution >= 4 is 6.09 Å². The van der Waals surface area contributed by atoms with Gasteiger partial charge in [-0.1, -0.05) is 6.07 Å². The van der Waals surface area contributed by atoms with E-state index in [1.807, 2.05) is 6.07 Å². The maximum absolute atomic E-state index is 12.2. The molecule has 116 valence electrons. The summed E-state index contributed by atoms with van der Waals surface area (Å²) in [6, 6.07) is 3.15. The summed E-state index contributed by atoms with van der Waals surface area (Å²) in [6.07, 6.45) is 1.30. The highest BCUT2D eigenvalue weighted by molar-refractivity contribution is 5.69. The number of rotatable bonds is 2. The standard InChI is InChI=1S/C15H22N2O4/c1-15(2,3)21-14(20)17-9-12(18)13(19)11(17)7-10-5-4-6-16-8-10/h4-6,8,11-13,18-19H,7,9H2,1-3H3/t11-,12+,13+/m1/s1. The molecule has 1 amide bonds. The zero-order valence-corrected chi connectivity index (χ0v) is 12.6. The number of carbonyl (C=O) groups is 1. The zero-order valence-electron chi connectivity index (χ0n) is 12.6. The molecule has 6 nitrogen and oxygen atoms in total. The second kappa shape index (κ2) is 5.99. The van der Waals surface area contributed by atoms with Crippen LogP contribution >= 0.6 is 0 Å². The van der Waals surface area contributed by atoms with Crippen molar-refractivity contribution in [3.63, 3.8) is 0 Å². The van der Waals surface area contributed by atoms with E-state index >= 15 is 0 Å². The topological polar surface area (TPSA) is 82.9 Å². The minimum absolute atomic E-state index is 0.0704. The fraction of sp³-hybridized carbons (Fsp3) is 0.600. The molecule has 1 fully saturated rings. The first kappa shape index (κ1) is 15.7. The molecule has 0 radical (unpaired) electrons. The van der Waals surface area contributed by atoms with Crippen molar-refractivity contribution in [2.45, 2.75) is 51.0 Å². The van der Waals surface area contributed by atoms with Crippen LogP contribution in [0.3, 0.4) is 0 Å². The van der Waals surface area contributed by atoms with Gasteiger partial charge in [0.25, 0.3) is 0 Å². The number of hydrogen-bond acceptors (Lipinski definition) is 5. The van der Waals surface area contributed by atoms with Crippen molar-refractivity contribution in [2.24, 2.45) is 0 Å². The van der Waals surface area contributed by atoms with Crippen LogP contribution in [0.15, 0.2) is 24.5 Å². The smallest absolute Gasteiger partial charge is 0.410 e. The molecule has 0 aliphatic carbocycles. The molecule has 0 spiro atoms. The van der Waals surface area contributed by atoms with Gasteiger partial charge < -0.3 is 14.9 Å². The summed E-state index contributed by atoms with van der Waals surface area (Å²) in [5.41, 5.74) is 0.276. The van der Waals surface area contributed by atoms with Crippen molar-refractivity contribution in [3.05, 3.63) is 30.1 Å². The van der Waals surface area contributed by atoms with E-state index in [9.17, 15) is 15.0 Å². The molecule has 6 heteroatoms. The zero-order chi connectivity index (χ0) is 15.6. The summed E-state index contributed by atoms with van der Waals surface area (Å²) in [7, 11) is 0. The summed E-state index contributed by atoms with van der Waals surface area (Å²) in [4.78, 5) is 17.6. The summed E-state index contributed by atoms with van der Waals surface area (Å²) >= 11 is 0. The fourth-order valence-electron chi connectivity index (χ4n) is 2.41. The Morgan fingerprint density at radius 2 is 2.19 bits per heavy atom. The Morgan fingerprint density at radius 1 is 1.48 bits per heavy atom. The summed E-state index contributed by atoms with van der Waals surface area (Å²) in [5.74, 6) is 0. The molecule has 1 aromatic heterocycles. The molecule has 0 unspecified atom stereocenters. The lowest BCUT2D eigenvalue weighted by molar-refractivity contribution is 0.0139. The van der Waals surface area contributed by atoms with Gasteiger partial charge in [-0.15, -0.1) is 0 Å². The Labute approximate surface area is 124 Å². The molecule has 3 atom stereocenters. The number of ether oxygens (including phenoxy) is 1. The maximum Gasteiger partial charge on any atom is 0.410 e. The average Bonchev–Trinajstić information content (AvgIpc) is 2.66. The van der Waals surface area contributed by atoms with Crippen molar-refractivity contribution in [3.8, 4) is 0 Å². The van der Waals surface area contributed by atoms with E-state index in [1.165, 1.54) is 4.90 Å². The van der Waals surface area contributed by atoms with Crippen LogP contribution in [0.25, 0.3) is 0 Å². The van der Waals surface area contributed by atoms with Crippen molar-refractivity contribution in [1.29, 1.82) is 0 Å². The molecule has 0 aromatic carbocycles. The molecule has 0 saturated carbocycles. The molecular formula is C15H22N2O4. The van der Waals surface area contributed by atoms with Gasteiger partial charge >= 0.3 is 6.09 Å². The molecule has 2 N–H and O–H groups in total. The van der Waals surface area contributed by atoms with Gasteiger partial charge in [0, 0.05) is 12.4 Å². The Morgan fingerprint density at radius 3 is 2.76 bits per heavy atom. The molecule has 21 heavy (non-hydrogen) atoms. The second-order valence-electron chi connectivity index (χ2n) is 6.32. The summed E-state index contributed by atoms with van der Waals surface area (Å²) < 4.78 is 5.34. The largest absolute Gasteiger partial charge is 0.444 e. The summed E-state index contributed by atoms with van der Waals surface area (Å²) in [6.45, 7) is 5.42. The molecule has 2 heterocycles.